The summed E-state index contributed by atoms with van der Waals surface area (Å²) in [7, 11) is 0. The minimum Gasteiger partial charge on any atom is -0.484 e. The number of nitrogens with one attached hydrogen (secondary N) is 1. The fraction of sp³-hybridized carbons (Fsp3) is 0.294. The molecule has 1 heterocycles. The third-order valence-electron chi connectivity index (χ3n) is 3.64. The highest BCUT2D eigenvalue weighted by atomic mass is 19.4. The number of hydrogen-bond donors (Lipinski definition) is 1. The molecule has 1 N–H and O–H groups in total. The summed E-state index contributed by atoms with van der Waals surface area (Å²) < 4.78 is 61.6. The molecule has 1 aliphatic heterocycles. The highest BCUT2D eigenvalue weighted by Crippen LogP contribution is 2.37. The summed E-state index contributed by atoms with van der Waals surface area (Å²) in [6, 6.07) is 8.56. The summed E-state index contributed by atoms with van der Waals surface area (Å²) in [6.07, 6.45) is -5.07. The van der Waals surface area contributed by atoms with Crippen LogP contribution in [0.3, 0.4) is 0 Å². The summed E-state index contributed by atoms with van der Waals surface area (Å²) in [5.41, 5.74) is 1.20. The van der Waals surface area contributed by atoms with Crippen LogP contribution < -0.4 is 14.8 Å². The third kappa shape index (κ3) is 3.79. The molecule has 0 atom stereocenters. The zero-order chi connectivity index (χ0) is 17.3. The number of benzene rings is 2. The first-order chi connectivity index (χ1) is 11.3. The van der Waals surface area contributed by atoms with Gasteiger partial charge in [0.25, 0.3) is 0 Å². The molecule has 2 aromatic rings. The summed E-state index contributed by atoms with van der Waals surface area (Å²) in [4.78, 5) is 0. The van der Waals surface area contributed by atoms with Gasteiger partial charge in [0, 0.05) is 18.7 Å². The Hall–Kier alpha value is -2.28. The molecular formula is C17H15F4NO2. The van der Waals surface area contributed by atoms with Crippen molar-refractivity contribution in [2.45, 2.75) is 19.4 Å². The first-order valence-corrected chi connectivity index (χ1v) is 7.35. The summed E-state index contributed by atoms with van der Waals surface area (Å²) in [5.74, 6) is -1.01. The van der Waals surface area contributed by atoms with Gasteiger partial charge in [-0.1, -0.05) is 18.2 Å². The molecule has 24 heavy (non-hydrogen) atoms. The van der Waals surface area contributed by atoms with E-state index in [9.17, 15) is 17.6 Å². The lowest BCUT2D eigenvalue weighted by Gasteiger charge is -2.28. The lowest BCUT2D eigenvalue weighted by atomic mass is 10.0. The molecule has 7 heteroatoms. The highest BCUT2D eigenvalue weighted by molar-refractivity contribution is 5.68. The quantitative estimate of drug-likeness (QED) is 0.851. The summed E-state index contributed by atoms with van der Waals surface area (Å²) in [5, 5.41) is 2.96. The molecule has 3 nitrogen and oxygen atoms in total. The van der Waals surface area contributed by atoms with Gasteiger partial charge in [-0.25, -0.2) is 4.39 Å². The van der Waals surface area contributed by atoms with Crippen molar-refractivity contribution in [2.75, 3.05) is 13.1 Å². The van der Waals surface area contributed by atoms with E-state index in [-0.39, 0.29) is 23.0 Å². The number of rotatable bonds is 4. The zero-order valence-corrected chi connectivity index (χ0v) is 12.8. The number of aryl methyl sites for hydroxylation is 1. The van der Waals surface area contributed by atoms with E-state index in [1.807, 2.05) is 0 Å². The van der Waals surface area contributed by atoms with E-state index in [1.54, 1.807) is 13.0 Å². The molecule has 0 spiro atoms. The Balaban J connectivity index is 1.97. The Bertz CT molecular complexity index is 742. The molecule has 0 unspecified atom stereocenters. The molecule has 2 aromatic carbocycles. The maximum Gasteiger partial charge on any atom is 0.573 e. The maximum absolute atomic E-state index is 14.1. The normalized spacial score (nSPS) is 15.0. The Morgan fingerprint density at radius 1 is 1.04 bits per heavy atom. The second-order valence-electron chi connectivity index (χ2n) is 5.59. The second-order valence-corrected chi connectivity index (χ2v) is 5.59. The van der Waals surface area contributed by atoms with Gasteiger partial charge < -0.3 is 14.8 Å². The molecule has 1 fully saturated rings. The number of alkyl halides is 3. The SMILES string of the molecule is Cc1ccc(-c2ccc(OC3CNC3)c(OC(F)(F)F)c2)c(F)c1. The van der Waals surface area contributed by atoms with Gasteiger partial charge in [-0.05, 0) is 36.2 Å². The molecule has 0 aromatic heterocycles. The second kappa shape index (κ2) is 6.32. The lowest BCUT2D eigenvalue weighted by molar-refractivity contribution is -0.275. The van der Waals surface area contributed by atoms with Crippen molar-refractivity contribution in [3.8, 4) is 22.6 Å². The van der Waals surface area contributed by atoms with Crippen LogP contribution in [-0.2, 0) is 0 Å². The van der Waals surface area contributed by atoms with Crippen LogP contribution in [-0.4, -0.2) is 25.6 Å². The predicted octanol–water partition coefficient (Wildman–Crippen LogP) is 4.05. The maximum atomic E-state index is 14.1. The van der Waals surface area contributed by atoms with Gasteiger partial charge in [-0.2, -0.15) is 0 Å². The molecule has 0 amide bonds. The molecule has 0 aliphatic carbocycles. The van der Waals surface area contributed by atoms with E-state index < -0.39 is 17.9 Å². The molecule has 1 aliphatic rings. The van der Waals surface area contributed by atoms with E-state index >= 15 is 0 Å². The van der Waals surface area contributed by atoms with Crippen LogP contribution in [0.4, 0.5) is 17.6 Å². The average molecular weight is 341 g/mol. The molecule has 1 saturated heterocycles. The van der Waals surface area contributed by atoms with Crippen molar-refractivity contribution in [1.29, 1.82) is 0 Å². The van der Waals surface area contributed by atoms with Crippen molar-refractivity contribution in [3.63, 3.8) is 0 Å². The first kappa shape index (κ1) is 16.6. The molecule has 0 saturated carbocycles. The number of hydrogen-bond acceptors (Lipinski definition) is 3. The largest absolute Gasteiger partial charge is 0.573 e. The average Bonchev–Trinajstić information content (AvgIpc) is 2.42. The van der Waals surface area contributed by atoms with E-state index in [2.05, 4.69) is 10.1 Å². The van der Waals surface area contributed by atoms with Crippen LogP contribution in [0.25, 0.3) is 11.1 Å². The Morgan fingerprint density at radius 3 is 2.38 bits per heavy atom. The van der Waals surface area contributed by atoms with Gasteiger partial charge in [0.05, 0.1) is 0 Å². The van der Waals surface area contributed by atoms with E-state index in [1.165, 1.54) is 24.3 Å². The van der Waals surface area contributed by atoms with E-state index in [4.69, 9.17) is 4.74 Å². The molecule has 3 rings (SSSR count). The van der Waals surface area contributed by atoms with E-state index in [0.29, 0.717) is 13.1 Å². The predicted molar refractivity (Wildman–Crippen MR) is 80.5 cm³/mol. The van der Waals surface area contributed by atoms with Gasteiger partial charge in [0.1, 0.15) is 11.9 Å². The lowest BCUT2D eigenvalue weighted by Crippen LogP contribution is -2.50. The third-order valence-corrected chi connectivity index (χ3v) is 3.64. The van der Waals surface area contributed by atoms with Gasteiger partial charge >= 0.3 is 6.36 Å². The number of ether oxygens (including phenoxy) is 2. The first-order valence-electron chi connectivity index (χ1n) is 7.35. The van der Waals surface area contributed by atoms with Crippen LogP contribution in [0.15, 0.2) is 36.4 Å². The van der Waals surface area contributed by atoms with Gasteiger partial charge in [-0.3, -0.25) is 0 Å². The molecule has 0 radical (unpaired) electrons. The van der Waals surface area contributed by atoms with Crippen molar-refractivity contribution in [1.82, 2.24) is 5.32 Å². The van der Waals surface area contributed by atoms with Crippen LogP contribution in [0.5, 0.6) is 11.5 Å². The Labute approximate surface area is 136 Å². The molecular weight excluding hydrogens is 326 g/mol. The van der Waals surface area contributed by atoms with Crippen molar-refractivity contribution in [3.05, 3.63) is 47.8 Å². The Kier molecular flexibility index (Phi) is 4.36. The summed E-state index contributed by atoms with van der Waals surface area (Å²) in [6.45, 7) is 2.84. The van der Waals surface area contributed by atoms with Crippen LogP contribution in [0.2, 0.25) is 0 Å². The smallest absolute Gasteiger partial charge is 0.484 e. The van der Waals surface area contributed by atoms with Crippen LogP contribution in [0, 0.1) is 12.7 Å². The molecule has 0 bridgehead atoms. The van der Waals surface area contributed by atoms with Crippen molar-refractivity contribution >= 4 is 0 Å². The van der Waals surface area contributed by atoms with Crippen LogP contribution in [0.1, 0.15) is 5.56 Å². The van der Waals surface area contributed by atoms with Crippen molar-refractivity contribution in [2.24, 2.45) is 0 Å². The van der Waals surface area contributed by atoms with Crippen molar-refractivity contribution < 1.29 is 27.0 Å². The van der Waals surface area contributed by atoms with Crippen LogP contribution >= 0.6 is 0 Å². The standard InChI is InChI=1S/C17H15F4NO2/c1-10-2-4-13(14(18)6-10)11-3-5-15(23-12-8-22-9-12)16(7-11)24-17(19,20)21/h2-7,12,22H,8-9H2,1H3. The minimum absolute atomic E-state index is 0.0184. The summed E-state index contributed by atoms with van der Waals surface area (Å²) >= 11 is 0. The van der Waals surface area contributed by atoms with E-state index in [0.717, 1.165) is 11.6 Å². The Morgan fingerprint density at radius 2 is 1.79 bits per heavy atom. The van der Waals surface area contributed by atoms with Gasteiger partial charge in [-0.15, -0.1) is 13.2 Å². The van der Waals surface area contributed by atoms with Gasteiger partial charge in [0.2, 0.25) is 0 Å². The molecule has 128 valence electrons. The fourth-order valence-corrected chi connectivity index (χ4v) is 2.36. The monoisotopic (exact) mass is 341 g/mol. The van der Waals surface area contributed by atoms with Gasteiger partial charge in [0.15, 0.2) is 11.5 Å². The number of halogens is 4. The topological polar surface area (TPSA) is 30.5 Å². The fourth-order valence-electron chi connectivity index (χ4n) is 2.36. The highest BCUT2D eigenvalue weighted by Gasteiger charge is 2.33. The zero-order valence-electron chi connectivity index (χ0n) is 12.8. The minimum atomic E-state index is -4.86.